The summed E-state index contributed by atoms with van der Waals surface area (Å²) in [6.07, 6.45) is 2.76. The van der Waals surface area contributed by atoms with Gasteiger partial charge < -0.3 is 9.47 Å². The van der Waals surface area contributed by atoms with Crippen LogP contribution in [-0.4, -0.2) is 34.0 Å². The number of benzene rings is 2. The molecule has 0 saturated carbocycles. The summed E-state index contributed by atoms with van der Waals surface area (Å²) < 4.78 is 38.5. The Hall–Kier alpha value is -2.05. The van der Waals surface area contributed by atoms with Gasteiger partial charge in [-0.2, -0.15) is 4.31 Å². The second-order valence-corrected chi connectivity index (χ2v) is 8.11. The van der Waals surface area contributed by atoms with Crippen molar-refractivity contribution in [2.24, 2.45) is 0 Å². The molecule has 0 heterocycles. The summed E-state index contributed by atoms with van der Waals surface area (Å²) in [6, 6.07) is 12.7. The third-order valence-electron chi connectivity index (χ3n) is 4.80. The molecule has 25 heavy (non-hydrogen) atoms. The van der Waals surface area contributed by atoms with Crippen LogP contribution in [0.15, 0.2) is 47.4 Å². The third kappa shape index (κ3) is 3.24. The highest BCUT2D eigenvalue weighted by Gasteiger charge is 2.34. The van der Waals surface area contributed by atoms with Gasteiger partial charge in [0.25, 0.3) is 0 Å². The molecule has 0 radical (unpaired) electrons. The number of fused-ring (bicyclic) bond motifs is 1. The smallest absolute Gasteiger partial charge is 0.247 e. The highest BCUT2D eigenvalue weighted by atomic mass is 32.2. The van der Waals surface area contributed by atoms with E-state index < -0.39 is 10.0 Å². The van der Waals surface area contributed by atoms with E-state index in [0.717, 1.165) is 24.8 Å². The molecular weight excluding hydrogens is 338 g/mol. The fraction of sp³-hybridized carbons (Fsp3) is 0.368. The zero-order valence-electron chi connectivity index (χ0n) is 14.7. The first-order valence-corrected chi connectivity index (χ1v) is 9.71. The highest BCUT2D eigenvalue weighted by Crippen LogP contribution is 2.38. The van der Waals surface area contributed by atoms with E-state index in [4.69, 9.17) is 9.47 Å². The van der Waals surface area contributed by atoms with Crippen molar-refractivity contribution < 1.29 is 17.9 Å². The maximum atomic E-state index is 13.3. The molecule has 0 spiro atoms. The van der Waals surface area contributed by atoms with Gasteiger partial charge in [0.05, 0.1) is 14.2 Å². The lowest BCUT2D eigenvalue weighted by Crippen LogP contribution is -2.33. The van der Waals surface area contributed by atoms with E-state index in [0.29, 0.717) is 11.5 Å². The van der Waals surface area contributed by atoms with E-state index in [1.165, 1.54) is 30.2 Å². The van der Waals surface area contributed by atoms with Crippen LogP contribution in [0.2, 0.25) is 0 Å². The Balaban J connectivity index is 2.04. The monoisotopic (exact) mass is 361 g/mol. The Morgan fingerprint density at radius 2 is 1.84 bits per heavy atom. The lowest BCUT2D eigenvalue weighted by Gasteiger charge is -2.32. The zero-order valence-corrected chi connectivity index (χ0v) is 15.5. The normalized spacial score (nSPS) is 17.2. The zero-order chi connectivity index (χ0) is 18.0. The van der Waals surface area contributed by atoms with E-state index in [9.17, 15) is 8.42 Å². The molecule has 1 unspecified atom stereocenters. The Bertz CT molecular complexity index is 863. The number of hydrogen-bond donors (Lipinski definition) is 0. The molecule has 2 aromatic rings. The molecule has 3 rings (SSSR count). The van der Waals surface area contributed by atoms with Crippen molar-refractivity contribution >= 4 is 10.0 Å². The summed E-state index contributed by atoms with van der Waals surface area (Å²) in [6.45, 7) is 0. The van der Waals surface area contributed by atoms with Crippen LogP contribution in [0.1, 0.15) is 30.0 Å². The fourth-order valence-corrected chi connectivity index (χ4v) is 4.95. The summed E-state index contributed by atoms with van der Waals surface area (Å²) in [4.78, 5) is 0.125. The number of hydrogen-bond acceptors (Lipinski definition) is 4. The van der Waals surface area contributed by atoms with Crippen LogP contribution in [0.25, 0.3) is 0 Å². The average Bonchev–Trinajstić information content (AvgIpc) is 2.66. The summed E-state index contributed by atoms with van der Waals surface area (Å²) in [5.74, 6) is 0.800. The Morgan fingerprint density at radius 1 is 1.08 bits per heavy atom. The van der Waals surface area contributed by atoms with Crippen molar-refractivity contribution in [3.05, 3.63) is 53.6 Å². The van der Waals surface area contributed by atoms with E-state index in [1.54, 1.807) is 19.2 Å². The number of aryl methyl sites for hydroxylation is 1. The van der Waals surface area contributed by atoms with Crippen LogP contribution < -0.4 is 9.47 Å². The first kappa shape index (κ1) is 17.8. The van der Waals surface area contributed by atoms with Gasteiger partial charge in [0.2, 0.25) is 10.0 Å². The molecule has 0 aromatic heterocycles. The molecule has 2 aromatic carbocycles. The number of methoxy groups -OCH3 is 2. The summed E-state index contributed by atoms with van der Waals surface area (Å²) in [5.41, 5.74) is 2.31. The van der Waals surface area contributed by atoms with Crippen molar-refractivity contribution in [2.75, 3.05) is 21.3 Å². The SMILES string of the molecule is COc1ccc(OC)c(S(=O)(=O)N(C)C2CCCc3ccccc32)c1. The van der Waals surface area contributed by atoms with Gasteiger partial charge in [0.15, 0.2) is 0 Å². The van der Waals surface area contributed by atoms with Crippen molar-refractivity contribution in [3.8, 4) is 11.5 Å². The minimum absolute atomic E-state index is 0.125. The predicted molar refractivity (Wildman–Crippen MR) is 96.6 cm³/mol. The maximum absolute atomic E-state index is 13.3. The fourth-order valence-electron chi connectivity index (χ4n) is 3.41. The Labute approximate surface area is 149 Å². The van der Waals surface area contributed by atoms with Crippen molar-refractivity contribution in [3.63, 3.8) is 0 Å². The number of sulfonamides is 1. The second kappa shape index (κ2) is 7.06. The van der Waals surface area contributed by atoms with Gasteiger partial charge in [0, 0.05) is 19.2 Å². The molecule has 0 amide bonds. The lowest BCUT2D eigenvalue weighted by atomic mass is 9.88. The van der Waals surface area contributed by atoms with Crippen molar-refractivity contribution in [1.82, 2.24) is 4.31 Å². The van der Waals surface area contributed by atoms with Crippen molar-refractivity contribution in [1.29, 1.82) is 0 Å². The predicted octanol–water partition coefficient (Wildman–Crippen LogP) is 3.40. The first-order chi connectivity index (χ1) is 12.0. The molecule has 0 saturated heterocycles. The quantitative estimate of drug-likeness (QED) is 0.819. The van der Waals surface area contributed by atoms with Crippen LogP contribution in [0.4, 0.5) is 0 Å². The van der Waals surface area contributed by atoms with Gasteiger partial charge in [-0.15, -0.1) is 0 Å². The molecule has 0 aliphatic heterocycles. The minimum Gasteiger partial charge on any atom is -0.497 e. The number of nitrogens with zero attached hydrogens (tertiary/aromatic N) is 1. The van der Waals surface area contributed by atoms with Crippen LogP contribution in [-0.2, 0) is 16.4 Å². The first-order valence-electron chi connectivity index (χ1n) is 8.27. The third-order valence-corrected chi connectivity index (χ3v) is 6.69. The largest absolute Gasteiger partial charge is 0.497 e. The molecule has 0 fully saturated rings. The minimum atomic E-state index is -3.73. The summed E-state index contributed by atoms with van der Waals surface area (Å²) in [5, 5.41) is 0. The van der Waals surface area contributed by atoms with Gasteiger partial charge in [0.1, 0.15) is 16.4 Å². The molecule has 0 bridgehead atoms. The average molecular weight is 361 g/mol. The Kier molecular flexibility index (Phi) is 5.01. The molecule has 5 nitrogen and oxygen atoms in total. The molecule has 134 valence electrons. The van der Waals surface area contributed by atoms with Gasteiger partial charge in [-0.05, 0) is 42.5 Å². The number of rotatable bonds is 5. The molecule has 6 heteroatoms. The molecule has 1 atom stereocenters. The maximum Gasteiger partial charge on any atom is 0.247 e. The summed E-state index contributed by atoms with van der Waals surface area (Å²) >= 11 is 0. The van der Waals surface area contributed by atoms with Gasteiger partial charge in [-0.25, -0.2) is 8.42 Å². The van der Waals surface area contributed by atoms with E-state index in [-0.39, 0.29) is 10.9 Å². The molecule has 1 aliphatic carbocycles. The molecule has 1 aliphatic rings. The van der Waals surface area contributed by atoms with Crippen LogP contribution in [0.3, 0.4) is 0 Å². The number of ether oxygens (including phenoxy) is 2. The van der Waals surface area contributed by atoms with Gasteiger partial charge >= 0.3 is 0 Å². The van der Waals surface area contributed by atoms with E-state index in [1.807, 2.05) is 18.2 Å². The molecular formula is C19H23NO4S. The Morgan fingerprint density at radius 3 is 2.56 bits per heavy atom. The van der Waals surface area contributed by atoms with E-state index in [2.05, 4.69) is 6.07 Å². The van der Waals surface area contributed by atoms with Gasteiger partial charge in [-0.1, -0.05) is 24.3 Å². The highest BCUT2D eigenvalue weighted by molar-refractivity contribution is 7.89. The van der Waals surface area contributed by atoms with Crippen LogP contribution >= 0.6 is 0 Å². The topological polar surface area (TPSA) is 55.8 Å². The van der Waals surface area contributed by atoms with Crippen molar-refractivity contribution in [2.45, 2.75) is 30.2 Å². The molecule has 0 N–H and O–H groups in total. The van der Waals surface area contributed by atoms with Gasteiger partial charge in [-0.3, -0.25) is 0 Å². The lowest BCUT2D eigenvalue weighted by molar-refractivity contribution is 0.333. The standard InChI is InChI=1S/C19H23NO4S/c1-20(17-10-6-8-14-7-4-5-9-16(14)17)25(21,22)19-13-15(23-2)11-12-18(19)24-3/h4-5,7,9,11-13,17H,6,8,10H2,1-3H3. The second-order valence-electron chi connectivity index (χ2n) is 6.14. The van der Waals surface area contributed by atoms with E-state index >= 15 is 0 Å². The summed E-state index contributed by atoms with van der Waals surface area (Å²) in [7, 11) is 0.894. The van der Waals surface area contributed by atoms with Crippen LogP contribution in [0.5, 0.6) is 11.5 Å². The van der Waals surface area contributed by atoms with Crippen LogP contribution in [0, 0.1) is 0 Å².